The molecule has 94 valence electrons. The van der Waals surface area contributed by atoms with Crippen LogP contribution in [0.15, 0.2) is 66.9 Å². The molecule has 3 aromatic rings. The molecule has 1 aromatic heterocycles. The van der Waals surface area contributed by atoms with E-state index in [0.29, 0.717) is 0 Å². The van der Waals surface area contributed by atoms with E-state index in [-0.39, 0.29) is 6.04 Å². The van der Waals surface area contributed by atoms with Crippen LogP contribution in [0.25, 0.3) is 10.9 Å². The van der Waals surface area contributed by atoms with Crippen LogP contribution < -0.4 is 5.73 Å². The van der Waals surface area contributed by atoms with E-state index >= 15 is 0 Å². The van der Waals surface area contributed by atoms with Gasteiger partial charge in [-0.15, -0.1) is 0 Å². The summed E-state index contributed by atoms with van der Waals surface area (Å²) >= 11 is 0. The van der Waals surface area contributed by atoms with Gasteiger partial charge < -0.3 is 5.73 Å². The number of benzene rings is 2. The molecule has 1 heterocycles. The summed E-state index contributed by atoms with van der Waals surface area (Å²) in [4.78, 5) is 4.33. The summed E-state index contributed by atoms with van der Waals surface area (Å²) in [6.07, 6.45) is 2.66. The third-order valence-corrected chi connectivity index (χ3v) is 3.35. The Hall–Kier alpha value is -2.19. The fraction of sp³-hybridized carbons (Fsp3) is 0.118. The predicted octanol–water partition coefficient (Wildman–Crippen LogP) is 3.48. The van der Waals surface area contributed by atoms with Crippen molar-refractivity contribution in [2.24, 2.45) is 5.73 Å². The van der Waals surface area contributed by atoms with Crippen molar-refractivity contribution in [1.29, 1.82) is 0 Å². The van der Waals surface area contributed by atoms with Gasteiger partial charge in [0.15, 0.2) is 0 Å². The number of rotatable bonds is 3. The van der Waals surface area contributed by atoms with Gasteiger partial charge in [0.1, 0.15) is 0 Å². The number of aromatic nitrogens is 1. The average molecular weight is 248 g/mol. The van der Waals surface area contributed by atoms with E-state index in [9.17, 15) is 0 Å². The van der Waals surface area contributed by atoms with Crippen LogP contribution in [0.4, 0.5) is 0 Å². The Balaban J connectivity index is 1.85. The molecular formula is C17H16N2. The van der Waals surface area contributed by atoms with Crippen LogP contribution in [0.2, 0.25) is 0 Å². The molecule has 3 rings (SSSR count). The van der Waals surface area contributed by atoms with Crippen LogP contribution in [0, 0.1) is 0 Å². The van der Waals surface area contributed by atoms with Crippen LogP contribution in [0.5, 0.6) is 0 Å². The minimum atomic E-state index is 0.0373. The van der Waals surface area contributed by atoms with Gasteiger partial charge >= 0.3 is 0 Å². The first-order valence-electron chi connectivity index (χ1n) is 6.47. The maximum atomic E-state index is 6.26. The van der Waals surface area contributed by atoms with Crippen molar-refractivity contribution in [1.82, 2.24) is 4.98 Å². The molecule has 0 saturated carbocycles. The smallest absolute Gasteiger partial charge is 0.0702 e. The normalized spacial score (nSPS) is 12.5. The van der Waals surface area contributed by atoms with E-state index in [0.717, 1.165) is 11.9 Å². The summed E-state index contributed by atoms with van der Waals surface area (Å²) in [6, 6.07) is 20.6. The second kappa shape index (κ2) is 5.21. The van der Waals surface area contributed by atoms with Crippen molar-refractivity contribution < 1.29 is 0 Å². The Morgan fingerprint density at radius 3 is 2.63 bits per heavy atom. The molecule has 0 aliphatic heterocycles. The number of hydrogen-bond acceptors (Lipinski definition) is 2. The lowest BCUT2D eigenvalue weighted by molar-refractivity contribution is 0.722. The molecule has 0 radical (unpaired) electrons. The van der Waals surface area contributed by atoms with Gasteiger partial charge in [-0.2, -0.15) is 0 Å². The number of nitrogens with zero attached hydrogens (tertiary/aromatic N) is 1. The van der Waals surface area contributed by atoms with Gasteiger partial charge in [-0.05, 0) is 35.7 Å². The van der Waals surface area contributed by atoms with Gasteiger partial charge in [0.2, 0.25) is 0 Å². The van der Waals surface area contributed by atoms with Gasteiger partial charge in [-0.1, -0.05) is 42.5 Å². The molecule has 0 aliphatic rings. The summed E-state index contributed by atoms with van der Waals surface area (Å²) < 4.78 is 0. The average Bonchev–Trinajstić information content (AvgIpc) is 2.48. The fourth-order valence-electron chi connectivity index (χ4n) is 2.32. The highest BCUT2D eigenvalue weighted by atomic mass is 14.6. The van der Waals surface area contributed by atoms with E-state index in [2.05, 4.69) is 41.4 Å². The lowest BCUT2D eigenvalue weighted by atomic mass is 9.99. The van der Waals surface area contributed by atoms with Crippen molar-refractivity contribution >= 4 is 10.9 Å². The molecule has 2 aromatic carbocycles. The quantitative estimate of drug-likeness (QED) is 0.770. The number of fused-ring (bicyclic) bond motifs is 1. The largest absolute Gasteiger partial charge is 0.324 e. The van der Waals surface area contributed by atoms with Gasteiger partial charge in [-0.3, -0.25) is 4.98 Å². The van der Waals surface area contributed by atoms with E-state index in [1.165, 1.54) is 16.5 Å². The second-order valence-electron chi connectivity index (χ2n) is 4.75. The van der Waals surface area contributed by atoms with Crippen molar-refractivity contribution in [2.75, 3.05) is 0 Å². The van der Waals surface area contributed by atoms with Crippen LogP contribution in [-0.4, -0.2) is 4.98 Å². The number of nitrogens with two attached hydrogens (primary N) is 1. The molecule has 0 bridgehead atoms. The van der Waals surface area contributed by atoms with E-state index in [1.54, 1.807) is 0 Å². The highest BCUT2D eigenvalue weighted by molar-refractivity contribution is 5.78. The zero-order valence-electron chi connectivity index (χ0n) is 10.7. The lowest BCUT2D eigenvalue weighted by Crippen LogP contribution is -2.13. The van der Waals surface area contributed by atoms with Crippen LogP contribution in [0.3, 0.4) is 0 Å². The minimum absolute atomic E-state index is 0.0373. The van der Waals surface area contributed by atoms with Crippen molar-refractivity contribution in [3.8, 4) is 0 Å². The van der Waals surface area contributed by atoms with Crippen LogP contribution in [0.1, 0.15) is 17.2 Å². The third kappa shape index (κ3) is 2.64. The van der Waals surface area contributed by atoms with E-state index < -0.39 is 0 Å². The first-order valence-corrected chi connectivity index (χ1v) is 6.47. The standard InChI is InChI=1S/C17H16N2/c18-16(14-5-2-1-3-6-14)12-13-8-9-17-15(11-13)7-4-10-19-17/h1-11,16H,12,18H2. The molecule has 0 aliphatic carbocycles. The molecule has 0 amide bonds. The highest BCUT2D eigenvalue weighted by Crippen LogP contribution is 2.19. The first-order chi connectivity index (χ1) is 9.33. The summed E-state index contributed by atoms with van der Waals surface area (Å²) in [5.41, 5.74) is 9.70. The molecule has 2 heteroatoms. The van der Waals surface area contributed by atoms with Crippen LogP contribution >= 0.6 is 0 Å². The molecule has 1 atom stereocenters. The Labute approximate surface area is 112 Å². The topological polar surface area (TPSA) is 38.9 Å². The highest BCUT2D eigenvalue weighted by Gasteiger charge is 2.07. The molecule has 1 unspecified atom stereocenters. The SMILES string of the molecule is NC(Cc1ccc2ncccc2c1)c1ccccc1. The lowest BCUT2D eigenvalue weighted by Gasteiger charge is -2.12. The number of pyridine rings is 1. The molecule has 0 spiro atoms. The Kier molecular flexibility index (Phi) is 3.25. The van der Waals surface area contributed by atoms with Crippen molar-refractivity contribution in [3.63, 3.8) is 0 Å². The van der Waals surface area contributed by atoms with Gasteiger partial charge in [-0.25, -0.2) is 0 Å². The van der Waals surface area contributed by atoms with Crippen LogP contribution in [-0.2, 0) is 6.42 Å². The second-order valence-corrected chi connectivity index (χ2v) is 4.75. The molecule has 19 heavy (non-hydrogen) atoms. The Bertz CT molecular complexity index is 677. The summed E-state index contributed by atoms with van der Waals surface area (Å²) in [5.74, 6) is 0. The third-order valence-electron chi connectivity index (χ3n) is 3.35. The van der Waals surface area contributed by atoms with Gasteiger partial charge in [0.05, 0.1) is 5.52 Å². The Morgan fingerprint density at radius 2 is 1.79 bits per heavy atom. The molecule has 0 fully saturated rings. The monoisotopic (exact) mass is 248 g/mol. The molecule has 0 saturated heterocycles. The fourth-order valence-corrected chi connectivity index (χ4v) is 2.32. The first kappa shape index (κ1) is 11.9. The summed E-state index contributed by atoms with van der Waals surface area (Å²) in [5, 5.41) is 1.17. The Morgan fingerprint density at radius 1 is 0.947 bits per heavy atom. The zero-order valence-corrected chi connectivity index (χ0v) is 10.7. The van der Waals surface area contributed by atoms with Gasteiger partial charge in [0.25, 0.3) is 0 Å². The number of hydrogen-bond donors (Lipinski definition) is 1. The molecule has 2 nitrogen and oxygen atoms in total. The summed E-state index contributed by atoms with van der Waals surface area (Å²) in [6.45, 7) is 0. The minimum Gasteiger partial charge on any atom is -0.324 e. The van der Waals surface area contributed by atoms with E-state index in [4.69, 9.17) is 5.73 Å². The summed E-state index contributed by atoms with van der Waals surface area (Å²) in [7, 11) is 0. The molecular weight excluding hydrogens is 232 g/mol. The predicted molar refractivity (Wildman–Crippen MR) is 78.8 cm³/mol. The maximum Gasteiger partial charge on any atom is 0.0702 e. The maximum absolute atomic E-state index is 6.26. The van der Waals surface area contributed by atoms with Crippen molar-refractivity contribution in [2.45, 2.75) is 12.5 Å². The molecule has 2 N–H and O–H groups in total. The zero-order chi connectivity index (χ0) is 13.1. The van der Waals surface area contributed by atoms with E-state index in [1.807, 2.05) is 30.5 Å². The van der Waals surface area contributed by atoms with Gasteiger partial charge in [0, 0.05) is 17.6 Å². The van der Waals surface area contributed by atoms with Crippen molar-refractivity contribution in [3.05, 3.63) is 78.0 Å².